The number of aliphatic hydroxyl groups excluding tert-OH is 1. The number of anilines is 1. The molecule has 1 N–H and O–H groups in total. The highest BCUT2D eigenvalue weighted by Gasteiger charge is 2.47. The first-order valence-electron chi connectivity index (χ1n) is 9.66. The van der Waals surface area contributed by atoms with Gasteiger partial charge >= 0.3 is 0 Å². The summed E-state index contributed by atoms with van der Waals surface area (Å²) in [5.74, 6) is -2.11. The monoisotopic (exact) mass is 448 g/mol. The number of benzene rings is 3. The summed E-state index contributed by atoms with van der Waals surface area (Å²) in [6.45, 7) is 1.80. The van der Waals surface area contributed by atoms with Gasteiger partial charge in [-0.25, -0.2) is 0 Å². The van der Waals surface area contributed by atoms with Crippen LogP contribution in [0.25, 0.3) is 5.76 Å². The fourth-order valence-electron chi connectivity index (χ4n) is 3.71. The highest BCUT2D eigenvalue weighted by atomic mass is 35.5. The molecule has 4 rings (SSSR count). The number of nitro groups is 1. The molecule has 1 amide bonds. The topological polar surface area (TPSA) is 101 Å². The molecule has 1 atom stereocenters. The first kappa shape index (κ1) is 21.3. The Hall–Kier alpha value is -3.97. The molecule has 3 aromatic rings. The van der Waals surface area contributed by atoms with E-state index in [1.165, 1.54) is 23.1 Å². The van der Waals surface area contributed by atoms with Crippen molar-refractivity contribution in [1.82, 2.24) is 0 Å². The second-order valence-electron chi connectivity index (χ2n) is 7.32. The van der Waals surface area contributed by atoms with Crippen molar-refractivity contribution in [3.8, 4) is 0 Å². The smallest absolute Gasteiger partial charge is 0.300 e. The number of halogens is 1. The van der Waals surface area contributed by atoms with Crippen molar-refractivity contribution in [3.05, 3.63) is 110 Å². The Morgan fingerprint density at radius 3 is 2.41 bits per heavy atom. The molecule has 160 valence electrons. The van der Waals surface area contributed by atoms with Gasteiger partial charge in [-0.2, -0.15) is 0 Å². The molecule has 0 spiro atoms. The average Bonchev–Trinajstić information content (AvgIpc) is 3.06. The Morgan fingerprint density at radius 2 is 1.75 bits per heavy atom. The summed E-state index contributed by atoms with van der Waals surface area (Å²) in [5.41, 5.74) is 1.43. The summed E-state index contributed by atoms with van der Waals surface area (Å²) >= 11 is 6.26. The first-order valence-corrected chi connectivity index (χ1v) is 10.0. The van der Waals surface area contributed by atoms with Gasteiger partial charge in [0, 0.05) is 28.4 Å². The van der Waals surface area contributed by atoms with Crippen LogP contribution in [0.5, 0.6) is 0 Å². The minimum Gasteiger partial charge on any atom is -0.507 e. The zero-order chi connectivity index (χ0) is 23.0. The SMILES string of the molecule is Cc1ccc(N2C(=O)C(=O)/C(=C(/O)c3ccccc3)[C@H]2c2cccc([N+](=O)[O-])c2)cc1Cl. The maximum absolute atomic E-state index is 13.1. The molecule has 8 heteroatoms. The van der Waals surface area contributed by atoms with Crippen LogP contribution >= 0.6 is 11.6 Å². The predicted octanol–water partition coefficient (Wildman–Crippen LogP) is 5.18. The summed E-state index contributed by atoms with van der Waals surface area (Å²) in [6.07, 6.45) is 0. The van der Waals surface area contributed by atoms with E-state index in [4.69, 9.17) is 11.6 Å². The number of hydrogen-bond acceptors (Lipinski definition) is 5. The summed E-state index contributed by atoms with van der Waals surface area (Å²) in [5, 5.41) is 22.7. The summed E-state index contributed by atoms with van der Waals surface area (Å²) < 4.78 is 0. The number of rotatable bonds is 4. The van der Waals surface area contributed by atoms with E-state index in [-0.39, 0.29) is 17.0 Å². The van der Waals surface area contributed by atoms with Crippen LogP contribution in [-0.4, -0.2) is 21.7 Å². The lowest BCUT2D eigenvalue weighted by Gasteiger charge is -2.25. The number of amides is 1. The van der Waals surface area contributed by atoms with Gasteiger partial charge in [0.2, 0.25) is 0 Å². The van der Waals surface area contributed by atoms with Crippen LogP contribution in [0.15, 0.2) is 78.4 Å². The Bertz CT molecular complexity index is 1290. The number of carbonyl (C=O) groups excluding carboxylic acids is 2. The van der Waals surface area contributed by atoms with Crippen molar-refractivity contribution < 1.29 is 19.6 Å². The maximum atomic E-state index is 13.1. The number of nitro benzene ring substituents is 1. The standard InChI is InChI=1S/C24H17ClN2O5/c1-14-10-11-17(13-19(14)25)26-21(16-8-5-9-18(12-16)27(31)32)20(23(29)24(26)30)22(28)15-6-3-2-4-7-15/h2-13,21,28H,1H3/b22-20+/t21-/m1/s1. The Kier molecular flexibility index (Phi) is 5.50. The van der Waals surface area contributed by atoms with Gasteiger partial charge in [-0.05, 0) is 30.2 Å². The van der Waals surface area contributed by atoms with E-state index >= 15 is 0 Å². The summed E-state index contributed by atoms with van der Waals surface area (Å²) in [6, 6.07) is 17.8. The van der Waals surface area contributed by atoms with Crippen LogP contribution in [0.2, 0.25) is 5.02 Å². The van der Waals surface area contributed by atoms with E-state index < -0.39 is 22.7 Å². The molecule has 0 saturated carbocycles. The van der Waals surface area contributed by atoms with Crippen molar-refractivity contribution in [1.29, 1.82) is 0 Å². The first-order chi connectivity index (χ1) is 15.3. The molecule has 0 aliphatic carbocycles. The Morgan fingerprint density at radius 1 is 1.03 bits per heavy atom. The Labute approximate surface area is 188 Å². The average molecular weight is 449 g/mol. The van der Waals surface area contributed by atoms with Gasteiger partial charge in [-0.15, -0.1) is 0 Å². The predicted molar refractivity (Wildman–Crippen MR) is 121 cm³/mol. The lowest BCUT2D eigenvalue weighted by molar-refractivity contribution is -0.384. The highest BCUT2D eigenvalue weighted by Crippen LogP contribution is 2.43. The number of carbonyl (C=O) groups is 2. The van der Waals surface area contributed by atoms with Crippen molar-refractivity contribution >= 4 is 40.4 Å². The van der Waals surface area contributed by atoms with E-state index in [9.17, 15) is 24.8 Å². The number of Topliss-reactive ketones (excluding diaryl/α,β-unsaturated/α-hetero) is 1. The van der Waals surface area contributed by atoms with Gasteiger partial charge in [0.1, 0.15) is 5.76 Å². The van der Waals surface area contributed by atoms with Gasteiger partial charge in [-0.1, -0.05) is 60.1 Å². The number of aliphatic hydroxyl groups is 1. The van der Waals surface area contributed by atoms with Gasteiger partial charge in [0.15, 0.2) is 0 Å². The third-order valence-electron chi connectivity index (χ3n) is 5.32. The van der Waals surface area contributed by atoms with Crippen LogP contribution in [0.1, 0.15) is 22.7 Å². The van der Waals surface area contributed by atoms with Crippen molar-refractivity contribution in [2.24, 2.45) is 0 Å². The molecule has 1 aliphatic heterocycles. The minimum absolute atomic E-state index is 0.154. The van der Waals surface area contributed by atoms with E-state index in [1.807, 2.05) is 0 Å². The van der Waals surface area contributed by atoms with Crippen LogP contribution in [0.3, 0.4) is 0 Å². The maximum Gasteiger partial charge on any atom is 0.300 e. The number of hydrogen-bond donors (Lipinski definition) is 1. The second kappa shape index (κ2) is 8.28. The molecule has 7 nitrogen and oxygen atoms in total. The van der Waals surface area contributed by atoms with Crippen LogP contribution < -0.4 is 4.90 Å². The van der Waals surface area contributed by atoms with Crippen LogP contribution in [-0.2, 0) is 9.59 Å². The third kappa shape index (κ3) is 3.63. The third-order valence-corrected chi connectivity index (χ3v) is 5.73. The molecule has 3 aromatic carbocycles. The van der Waals surface area contributed by atoms with Gasteiger partial charge in [-0.3, -0.25) is 24.6 Å². The number of ketones is 1. The van der Waals surface area contributed by atoms with Gasteiger partial charge in [0.25, 0.3) is 17.4 Å². The lowest BCUT2D eigenvalue weighted by atomic mass is 9.95. The second-order valence-corrected chi connectivity index (χ2v) is 7.73. The molecule has 1 heterocycles. The molecule has 1 aliphatic rings. The van der Waals surface area contributed by atoms with E-state index in [0.717, 1.165) is 5.56 Å². The normalized spacial score (nSPS) is 17.6. The molecule has 0 radical (unpaired) electrons. The minimum atomic E-state index is -1.08. The fraction of sp³-hybridized carbons (Fsp3) is 0.0833. The Balaban J connectivity index is 1.98. The van der Waals surface area contributed by atoms with Crippen molar-refractivity contribution in [2.45, 2.75) is 13.0 Å². The van der Waals surface area contributed by atoms with Gasteiger partial charge < -0.3 is 5.11 Å². The molecule has 1 saturated heterocycles. The molecule has 0 aromatic heterocycles. The number of non-ortho nitro benzene ring substituents is 1. The van der Waals surface area contributed by atoms with Crippen LogP contribution in [0.4, 0.5) is 11.4 Å². The summed E-state index contributed by atoms with van der Waals surface area (Å²) in [7, 11) is 0. The molecule has 1 fully saturated rings. The van der Waals surface area contributed by atoms with Crippen molar-refractivity contribution in [2.75, 3.05) is 4.90 Å². The van der Waals surface area contributed by atoms with Crippen molar-refractivity contribution in [3.63, 3.8) is 0 Å². The summed E-state index contributed by atoms with van der Waals surface area (Å²) in [4.78, 5) is 38.2. The quantitative estimate of drug-likeness (QED) is 0.195. The molecule has 0 bridgehead atoms. The zero-order valence-corrected chi connectivity index (χ0v) is 17.6. The number of nitrogens with zero attached hydrogens (tertiary/aromatic N) is 2. The highest BCUT2D eigenvalue weighted by molar-refractivity contribution is 6.51. The molecule has 32 heavy (non-hydrogen) atoms. The number of aryl methyl sites for hydroxylation is 1. The largest absolute Gasteiger partial charge is 0.507 e. The molecule has 0 unspecified atom stereocenters. The van der Waals surface area contributed by atoms with Gasteiger partial charge in [0.05, 0.1) is 16.5 Å². The van der Waals surface area contributed by atoms with Crippen LogP contribution in [0, 0.1) is 17.0 Å². The zero-order valence-electron chi connectivity index (χ0n) is 16.9. The van der Waals surface area contributed by atoms with E-state index in [1.54, 1.807) is 61.5 Å². The molecular formula is C24H17ClN2O5. The lowest BCUT2D eigenvalue weighted by Crippen LogP contribution is -2.29. The van der Waals surface area contributed by atoms with E-state index in [0.29, 0.717) is 21.8 Å². The fourth-order valence-corrected chi connectivity index (χ4v) is 3.88. The molecular weight excluding hydrogens is 432 g/mol. The van der Waals surface area contributed by atoms with E-state index in [2.05, 4.69) is 0 Å².